The van der Waals surface area contributed by atoms with Gasteiger partial charge in [0, 0.05) is 16.5 Å². The molecule has 6 heteroatoms. The van der Waals surface area contributed by atoms with Crippen molar-refractivity contribution in [1.82, 2.24) is 0 Å². The molecule has 0 aliphatic rings. The molecular weight excluding hydrogens is 170 g/mol. The molecule has 42 valence electrons. The van der Waals surface area contributed by atoms with Crippen LogP contribution in [0.2, 0.25) is 0 Å². The average molecular weight is 172 g/mol. The van der Waals surface area contributed by atoms with E-state index < -0.39 is 11.0 Å². The summed E-state index contributed by atoms with van der Waals surface area (Å²) in [5, 5.41) is 0. The first-order valence-corrected chi connectivity index (χ1v) is 2.21. The zero-order valence-electron chi connectivity index (χ0n) is 2.53. The predicted octanol–water partition coefficient (Wildman–Crippen LogP) is 0.0149. The first-order chi connectivity index (χ1) is 2.27. The van der Waals surface area contributed by atoms with Gasteiger partial charge in [0.25, 0.3) is 0 Å². The Bertz CT molecular complexity index is 68.9. The molecule has 0 aromatic carbocycles. The van der Waals surface area contributed by atoms with Gasteiger partial charge in [-0.3, -0.25) is 0 Å². The third-order valence-electron chi connectivity index (χ3n) is 0.0786. The van der Waals surface area contributed by atoms with Gasteiger partial charge in [-0.1, -0.05) is 0 Å². The minimum Gasteiger partial charge on any atom is -0.406 e. The van der Waals surface area contributed by atoms with Gasteiger partial charge in [-0.2, -0.15) is 0 Å². The van der Waals surface area contributed by atoms with Crippen LogP contribution >= 0.6 is 9.47 Å². The monoisotopic (exact) mass is 171 g/mol. The summed E-state index contributed by atoms with van der Waals surface area (Å²) in [5.41, 5.74) is 0. The third-order valence-corrected chi connectivity index (χ3v) is 0.707. The normalized spacial score (nSPS) is 7.67. The first-order valence-electron chi connectivity index (χ1n) is 0.736. The second-order valence-corrected chi connectivity index (χ2v) is 1.48. The SMILES string of the molecule is O=[S-](=O)OP.[Ni]. The second kappa shape index (κ2) is 5.83. The standard InChI is InChI=1S/Ni.H2O3PS/c;1-5(2)3-4/h;4H2/q;-1. The summed E-state index contributed by atoms with van der Waals surface area (Å²) in [6, 6.07) is 0. The van der Waals surface area contributed by atoms with Crippen molar-refractivity contribution in [2.24, 2.45) is 0 Å². The molecule has 3 nitrogen and oxygen atoms in total. The smallest absolute Gasteiger partial charge is 0.0548 e. The molecule has 0 heterocycles. The molecule has 0 fully saturated rings. The van der Waals surface area contributed by atoms with Gasteiger partial charge in [-0.05, 0) is 9.47 Å². The molecule has 0 aromatic heterocycles. The van der Waals surface area contributed by atoms with Crippen LogP contribution in [0.3, 0.4) is 0 Å². The van der Waals surface area contributed by atoms with Crippen LogP contribution < -0.4 is 0 Å². The zero-order valence-corrected chi connectivity index (χ0v) is 5.49. The molecule has 0 aliphatic carbocycles. The Morgan fingerprint density at radius 1 is 1.50 bits per heavy atom. The van der Waals surface area contributed by atoms with E-state index in [4.69, 9.17) is 8.42 Å². The van der Waals surface area contributed by atoms with E-state index in [-0.39, 0.29) is 16.5 Å². The molecular formula is H2NiO3PS-. The molecule has 0 saturated carbocycles. The summed E-state index contributed by atoms with van der Waals surface area (Å²) in [7, 11) is -0.778. The van der Waals surface area contributed by atoms with Gasteiger partial charge in [-0.25, -0.2) is 0 Å². The zero-order chi connectivity index (χ0) is 4.28. The van der Waals surface area contributed by atoms with Crippen LogP contribution in [0, 0.1) is 0 Å². The van der Waals surface area contributed by atoms with Crippen LogP contribution in [-0.4, -0.2) is 0 Å². The number of hydrogen-bond donors (Lipinski definition) is 0. The topological polar surface area (TPSA) is 43.4 Å². The molecule has 0 rings (SSSR count). The molecule has 1 unspecified atom stereocenters. The molecule has 0 amide bonds. The minimum atomic E-state index is -2.36. The van der Waals surface area contributed by atoms with Gasteiger partial charge < -0.3 is 12.4 Å². The van der Waals surface area contributed by atoms with Crippen molar-refractivity contribution in [3.8, 4) is 0 Å². The van der Waals surface area contributed by atoms with Crippen LogP contribution in [0.1, 0.15) is 0 Å². The maximum Gasteiger partial charge on any atom is 0.0548 e. The molecule has 0 saturated heterocycles. The van der Waals surface area contributed by atoms with Crippen molar-refractivity contribution in [2.45, 2.75) is 0 Å². The Kier molecular flexibility index (Phi) is 9.68. The van der Waals surface area contributed by atoms with Crippen molar-refractivity contribution in [1.29, 1.82) is 0 Å². The fourth-order valence-corrected chi connectivity index (χ4v) is 0. The van der Waals surface area contributed by atoms with Gasteiger partial charge in [0.05, 0.1) is 11.0 Å². The molecule has 0 aromatic rings. The quantitative estimate of drug-likeness (QED) is 0.317. The van der Waals surface area contributed by atoms with E-state index in [2.05, 4.69) is 3.97 Å². The molecule has 0 aliphatic heterocycles. The summed E-state index contributed by atoms with van der Waals surface area (Å²) in [4.78, 5) is 0. The third kappa shape index (κ3) is 8.85. The Labute approximate surface area is 49.8 Å². The number of hydrogen-bond acceptors (Lipinski definition) is 4. The van der Waals surface area contributed by atoms with E-state index >= 15 is 0 Å². The van der Waals surface area contributed by atoms with Crippen LogP contribution in [0.4, 0.5) is 0 Å². The van der Waals surface area contributed by atoms with Crippen molar-refractivity contribution >= 4 is 20.5 Å². The van der Waals surface area contributed by atoms with E-state index in [9.17, 15) is 0 Å². The van der Waals surface area contributed by atoms with Gasteiger partial charge in [0.2, 0.25) is 0 Å². The fourth-order valence-electron chi connectivity index (χ4n) is 0. The van der Waals surface area contributed by atoms with Crippen molar-refractivity contribution < 1.29 is 28.9 Å². The summed E-state index contributed by atoms with van der Waals surface area (Å²) in [6.07, 6.45) is 0. The average Bonchev–Trinajstić information content (AvgIpc) is 1.38. The van der Waals surface area contributed by atoms with Crippen LogP contribution in [0.25, 0.3) is 0 Å². The van der Waals surface area contributed by atoms with Crippen molar-refractivity contribution in [2.75, 3.05) is 0 Å². The van der Waals surface area contributed by atoms with E-state index in [0.29, 0.717) is 0 Å². The van der Waals surface area contributed by atoms with Crippen LogP contribution in [0.5, 0.6) is 0 Å². The summed E-state index contributed by atoms with van der Waals surface area (Å²) >= 11 is 0. The van der Waals surface area contributed by atoms with Gasteiger partial charge >= 0.3 is 0 Å². The Balaban J connectivity index is 0. The van der Waals surface area contributed by atoms with Crippen molar-refractivity contribution in [3.05, 3.63) is 0 Å². The van der Waals surface area contributed by atoms with Crippen LogP contribution in [-0.2, 0) is 39.9 Å². The molecule has 0 spiro atoms. The summed E-state index contributed by atoms with van der Waals surface area (Å²) < 4.78 is 21.8. The van der Waals surface area contributed by atoms with E-state index in [0.717, 1.165) is 0 Å². The molecule has 0 N–H and O–H groups in total. The predicted molar refractivity (Wildman–Crippen MR) is 19.5 cm³/mol. The second-order valence-electron chi connectivity index (χ2n) is 0.300. The number of rotatable bonds is 1. The maximum absolute atomic E-state index is 9.12. The Morgan fingerprint density at radius 2 is 1.67 bits per heavy atom. The van der Waals surface area contributed by atoms with E-state index in [1.165, 1.54) is 0 Å². The van der Waals surface area contributed by atoms with Gasteiger partial charge in [0.15, 0.2) is 0 Å². The van der Waals surface area contributed by atoms with Crippen molar-refractivity contribution in [3.63, 3.8) is 0 Å². The fraction of sp³-hybridized carbons (Fsp3) is 0. The van der Waals surface area contributed by atoms with Crippen LogP contribution in [0.15, 0.2) is 0 Å². The molecule has 6 heavy (non-hydrogen) atoms. The largest absolute Gasteiger partial charge is 0.406 e. The Morgan fingerprint density at radius 3 is 1.67 bits per heavy atom. The van der Waals surface area contributed by atoms with E-state index in [1.807, 2.05) is 0 Å². The summed E-state index contributed by atoms with van der Waals surface area (Å²) in [5.74, 6) is 0. The summed E-state index contributed by atoms with van der Waals surface area (Å²) in [6.45, 7) is 0. The molecule has 1 atom stereocenters. The maximum atomic E-state index is 9.12. The minimum absolute atomic E-state index is 0. The van der Waals surface area contributed by atoms with Gasteiger partial charge in [0.1, 0.15) is 0 Å². The Hall–Kier alpha value is 0.834. The van der Waals surface area contributed by atoms with Gasteiger partial charge in [-0.15, -0.1) is 0 Å². The molecule has 0 bridgehead atoms. The van der Waals surface area contributed by atoms with E-state index in [1.54, 1.807) is 9.47 Å². The molecule has 0 radical (unpaired) electrons. The first kappa shape index (κ1) is 9.95.